The summed E-state index contributed by atoms with van der Waals surface area (Å²) in [6, 6.07) is 8.79. The Kier molecular flexibility index (Phi) is 4.97. The molecule has 3 rings (SSSR count). The SMILES string of the molecule is CCn1c(CNC(C)(C)C(N)=O)nc2cc(F)c(-c3ccc(F)cc3)cc21. The molecule has 0 radical (unpaired) electrons. The Labute approximate surface area is 156 Å². The highest BCUT2D eigenvalue weighted by atomic mass is 19.1. The third-order valence-electron chi connectivity index (χ3n) is 4.69. The van der Waals surface area contributed by atoms with Crippen molar-refractivity contribution in [1.29, 1.82) is 0 Å². The zero-order valence-electron chi connectivity index (χ0n) is 15.5. The Bertz CT molecular complexity index is 993. The molecule has 0 aliphatic carbocycles. The monoisotopic (exact) mass is 372 g/mol. The molecule has 1 aromatic heterocycles. The number of aromatic nitrogens is 2. The lowest BCUT2D eigenvalue weighted by atomic mass is 10.0. The van der Waals surface area contributed by atoms with Crippen molar-refractivity contribution in [1.82, 2.24) is 14.9 Å². The van der Waals surface area contributed by atoms with Crippen molar-refractivity contribution in [3.8, 4) is 11.1 Å². The molecule has 1 amide bonds. The minimum absolute atomic E-state index is 0.311. The van der Waals surface area contributed by atoms with Crippen molar-refractivity contribution in [3.05, 3.63) is 53.9 Å². The molecule has 0 fully saturated rings. The summed E-state index contributed by atoms with van der Waals surface area (Å²) in [7, 11) is 0. The second kappa shape index (κ2) is 7.08. The lowest BCUT2D eigenvalue weighted by Gasteiger charge is -2.22. The third kappa shape index (κ3) is 3.68. The molecule has 0 atom stereocenters. The average Bonchev–Trinajstić information content (AvgIpc) is 2.96. The first-order valence-corrected chi connectivity index (χ1v) is 8.72. The van der Waals surface area contributed by atoms with Gasteiger partial charge in [0.1, 0.15) is 17.5 Å². The predicted octanol–water partition coefficient (Wildman–Crippen LogP) is 3.35. The maximum absolute atomic E-state index is 14.6. The number of nitrogens with one attached hydrogen (secondary N) is 1. The summed E-state index contributed by atoms with van der Waals surface area (Å²) in [6.07, 6.45) is 0. The van der Waals surface area contributed by atoms with Gasteiger partial charge in [-0.3, -0.25) is 10.1 Å². The number of hydrogen-bond donors (Lipinski definition) is 2. The van der Waals surface area contributed by atoms with Crippen LogP contribution in [0.1, 0.15) is 26.6 Å². The van der Waals surface area contributed by atoms with Crippen LogP contribution in [0, 0.1) is 11.6 Å². The Morgan fingerprint density at radius 3 is 2.48 bits per heavy atom. The minimum Gasteiger partial charge on any atom is -0.368 e. The number of imidazole rings is 1. The molecule has 0 saturated heterocycles. The maximum atomic E-state index is 14.6. The molecule has 142 valence electrons. The van der Waals surface area contributed by atoms with E-state index in [1.165, 1.54) is 18.2 Å². The number of halogens is 2. The van der Waals surface area contributed by atoms with Gasteiger partial charge >= 0.3 is 0 Å². The number of primary amides is 1. The average molecular weight is 372 g/mol. The highest BCUT2D eigenvalue weighted by Crippen LogP contribution is 2.28. The summed E-state index contributed by atoms with van der Waals surface area (Å²) < 4.78 is 29.7. The lowest BCUT2D eigenvalue weighted by Crippen LogP contribution is -2.50. The van der Waals surface area contributed by atoms with E-state index in [1.54, 1.807) is 32.0 Å². The van der Waals surface area contributed by atoms with Crippen molar-refractivity contribution in [3.63, 3.8) is 0 Å². The van der Waals surface area contributed by atoms with Crippen molar-refractivity contribution in [2.75, 3.05) is 0 Å². The van der Waals surface area contributed by atoms with Gasteiger partial charge in [0.25, 0.3) is 0 Å². The van der Waals surface area contributed by atoms with E-state index in [1.807, 2.05) is 11.5 Å². The van der Waals surface area contributed by atoms with Gasteiger partial charge < -0.3 is 10.3 Å². The van der Waals surface area contributed by atoms with Crippen LogP contribution in [0.25, 0.3) is 22.2 Å². The summed E-state index contributed by atoms with van der Waals surface area (Å²) in [5.74, 6) is -0.583. The summed E-state index contributed by atoms with van der Waals surface area (Å²) in [4.78, 5) is 16.0. The van der Waals surface area contributed by atoms with E-state index in [-0.39, 0.29) is 5.82 Å². The first-order chi connectivity index (χ1) is 12.7. The molecular formula is C20H22F2N4O. The van der Waals surface area contributed by atoms with Gasteiger partial charge in [0, 0.05) is 18.2 Å². The highest BCUT2D eigenvalue weighted by Gasteiger charge is 2.25. The summed E-state index contributed by atoms with van der Waals surface area (Å²) in [5, 5.41) is 3.08. The minimum atomic E-state index is -0.888. The number of benzene rings is 2. The number of aryl methyl sites for hydroxylation is 1. The van der Waals surface area contributed by atoms with Gasteiger partial charge in [-0.1, -0.05) is 12.1 Å². The maximum Gasteiger partial charge on any atom is 0.237 e. The second-order valence-electron chi connectivity index (χ2n) is 6.94. The molecule has 3 aromatic rings. The van der Waals surface area contributed by atoms with E-state index >= 15 is 0 Å². The van der Waals surface area contributed by atoms with Crippen LogP contribution in [0.15, 0.2) is 36.4 Å². The Morgan fingerprint density at radius 1 is 1.22 bits per heavy atom. The Balaban J connectivity index is 2.03. The van der Waals surface area contributed by atoms with Crippen LogP contribution in [0.3, 0.4) is 0 Å². The number of fused-ring (bicyclic) bond motifs is 1. The molecule has 7 heteroatoms. The predicted molar refractivity (Wildman–Crippen MR) is 101 cm³/mol. The number of hydrogen-bond acceptors (Lipinski definition) is 3. The molecule has 0 saturated carbocycles. The number of carbonyl (C=O) groups is 1. The van der Waals surface area contributed by atoms with Crippen LogP contribution >= 0.6 is 0 Å². The van der Waals surface area contributed by atoms with Crippen LogP contribution in [0.5, 0.6) is 0 Å². The normalized spacial score (nSPS) is 11.9. The Hall–Kier alpha value is -2.80. The van der Waals surface area contributed by atoms with E-state index in [4.69, 9.17) is 5.73 Å². The number of amides is 1. The van der Waals surface area contributed by atoms with Gasteiger partial charge in [-0.15, -0.1) is 0 Å². The standard InChI is InChI=1S/C20H22F2N4O/c1-4-26-17-9-14(12-5-7-13(21)8-6-12)15(22)10-16(17)25-18(26)11-24-20(2,3)19(23)27/h5-10,24H,4,11H2,1-3H3,(H2,23,27). The first-order valence-electron chi connectivity index (χ1n) is 8.72. The molecule has 0 spiro atoms. The van der Waals surface area contributed by atoms with Crippen molar-refractivity contribution in [2.24, 2.45) is 5.73 Å². The molecule has 0 unspecified atom stereocenters. The summed E-state index contributed by atoms with van der Waals surface area (Å²) in [6.45, 7) is 6.29. The van der Waals surface area contributed by atoms with Gasteiger partial charge in [-0.05, 0) is 44.5 Å². The van der Waals surface area contributed by atoms with Crippen molar-refractivity contribution in [2.45, 2.75) is 39.4 Å². The molecule has 0 aliphatic heterocycles. The van der Waals surface area contributed by atoms with E-state index in [0.717, 1.165) is 5.52 Å². The largest absolute Gasteiger partial charge is 0.368 e. The molecule has 3 N–H and O–H groups in total. The zero-order chi connectivity index (χ0) is 19.8. The first kappa shape index (κ1) is 19.0. The van der Waals surface area contributed by atoms with Crippen LogP contribution in [-0.2, 0) is 17.9 Å². The molecule has 0 aliphatic rings. The van der Waals surface area contributed by atoms with Crippen molar-refractivity contribution < 1.29 is 13.6 Å². The molecule has 1 heterocycles. The molecule has 0 bridgehead atoms. The molecule has 2 aromatic carbocycles. The quantitative estimate of drug-likeness (QED) is 0.697. The van der Waals surface area contributed by atoms with E-state index < -0.39 is 17.3 Å². The van der Waals surface area contributed by atoms with E-state index in [2.05, 4.69) is 10.3 Å². The summed E-state index contributed by atoms with van der Waals surface area (Å²) >= 11 is 0. The zero-order valence-corrected chi connectivity index (χ0v) is 15.5. The van der Waals surface area contributed by atoms with Gasteiger partial charge in [-0.25, -0.2) is 13.8 Å². The van der Waals surface area contributed by atoms with Crippen LogP contribution in [0.4, 0.5) is 8.78 Å². The highest BCUT2D eigenvalue weighted by molar-refractivity contribution is 5.84. The van der Waals surface area contributed by atoms with E-state index in [9.17, 15) is 13.6 Å². The van der Waals surface area contributed by atoms with E-state index in [0.29, 0.717) is 35.6 Å². The van der Waals surface area contributed by atoms with Gasteiger partial charge in [0.15, 0.2) is 0 Å². The number of nitrogens with two attached hydrogens (primary N) is 1. The number of carbonyl (C=O) groups excluding carboxylic acids is 1. The van der Waals surface area contributed by atoms with Crippen molar-refractivity contribution >= 4 is 16.9 Å². The van der Waals surface area contributed by atoms with Crippen LogP contribution < -0.4 is 11.1 Å². The van der Waals surface area contributed by atoms with Crippen LogP contribution in [0.2, 0.25) is 0 Å². The Morgan fingerprint density at radius 2 is 1.89 bits per heavy atom. The number of rotatable bonds is 6. The second-order valence-corrected chi connectivity index (χ2v) is 6.94. The van der Waals surface area contributed by atoms with Gasteiger partial charge in [-0.2, -0.15) is 0 Å². The number of nitrogens with zero attached hydrogens (tertiary/aromatic N) is 2. The smallest absolute Gasteiger partial charge is 0.237 e. The fourth-order valence-corrected chi connectivity index (χ4v) is 2.92. The molecule has 5 nitrogen and oxygen atoms in total. The van der Waals surface area contributed by atoms with Gasteiger partial charge in [0.2, 0.25) is 5.91 Å². The third-order valence-corrected chi connectivity index (χ3v) is 4.69. The molecule has 27 heavy (non-hydrogen) atoms. The molecular weight excluding hydrogens is 350 g/mol. The summed E-state index contributed by atoms with van der Waals surface area (Å²) in [5.41, 5.74) is 6.77. The topological polar surface area (TPSA) is 72.9 Å². The fourth-order valence-electron chi connectivity index (χ4n) is 2.92. The lowest BCUT2D eigenvalue weighted by molar-refractivity contribution is -0.123. The fraction of sp³-hybridized carbons (Fsp3) is 0.300. The van der Waals surface area contributed by atoms with Crippen LogP contribution in [-0.4, -0.2) is 21.0 Å². The van der Waals surface area contributed by atoms with Gasteiger partial charge in [0.05, 0.1) is 23.1 Å².